The zero-order valence-electron chi connectivity index (χ0n) is 12.8. The molecule has 0 fully saturated rings. The molecular weight excluding hydrogens is 288 g/mol. The first kappa shape index (κ1) is 15.7. The Morgan fingerprint density at radius 1 is 1.36 bits per heavy atom. The summed E-state index contributed by atoms with van der Waals surface area (Å²) in [7, 11) is 4.28. The van der Waals surface area contributed by atoms with Crippen LogP contribution in [0.4, 0.5) is 4.79 Å². The molecule has 0 aromatic heterocycles. The third kappa shape index (κ3) is 2.57. The number of benzene rings is 1. The number of hydrogen-bond donors (Lipinski definition) is 2. The van der Waals surface area contributed by atoms with Gasteiger partial charge in [-0.3, -0.25) is 0 Å². The van der Waals surface area contributed by atoms with Gasteiger partial charge in [0.05, 0.1) is 25.8 Å². The SMILES string of the molecule is COC(=O)C1=C(C)N(C)C(=O)N[C@@H]1c1ccc(O)c(OC)c1. The molecule has 1 atom stereocenters. The minimum absolute atomic E-state index is 0.0224. The van der Waals surface area contributed by atoms with Crippen LogP contribution >= 0.6 is 0 Å². The third-order valence-electron chi connectivity index (χ3n) is 3.70. The molecule has 1 aliphatic heterocycles. The van der Waals surface area contributed by atoms with Crippen molar-refractivity contribution >= 4 is 12.0 Å². The van der Waals surface area contributed by atoms with Gasteiger partial charge in [0.1, 0.15) is 0 Å². The molecule has 0 radical (unpaired) electrons. The minimum Gasteiger partial charge on any atom is -0.504 e. The molecule has 0 saturated heterocycles. The zero-order valence-corrected chi connectivity index (χ0v) is 12.8. The highest BCUT2D eigenvalue weighted by Crippen LogP contribution is 2.35. The summed E-state index contributed by atoms with van der Waals surface area (Å²) >= 11 is 0. The van der Waals surface area contributed by atoms with Gasteiger partial charge in [-0.25, -0.2) is 9.59 Å². The number of nitrogens with one attached hydrogen (secondary N) is 1. The second kappa shape index (κ2) is 5.97. The Kier molecular flexibility index (Phi) is 4.25. The number of hydrogen-bond acceptors (Lipinski definition) is 5. The first-order chi connectivity index (χ1) is 10.4. The molecule has 0 bridgehead atoms. The molecule has 2 rings (SSSR count). The number of phenolic OH excluding ortho intramolecular Hbond substituents is 1. The number of urea groups is 1. The van der Waals surface area contributed by atoms with Crippen molar-refractivity contribution in [3.05, 3.63) is 35.0 Å². The zero-order chi connectivity index (χ0) is 16.4. The monoisotopic (exact) mass is 306 g/mol. The van der Waals surface area contributed by atoms with Crippen molar-refractivity contribution in [2.45, 2.75) is 13.0 Å². The quantitative estimate of drug-likeness (QED) is 0.827. The number of carbonyl (C=O) groups excluding carboxylic acids is 2. The van der Waals surface area contributed by atoms with Crippen LogP contribution in [0.5, 0.6) is 11.5 Å². The van der Waals surface area contributed by atoms with Crippen molar-refractivity contribution in [2.75, 3.05) is 21.3 Å². The van der Waals surface area contributed by atoms with E-state index >= 15 is 0 Å². The predicted molar refractivity (Wildman–Crippen MR) is 78.4 cm³/mol. The van der Waals surface area contributed by atoms with E-state index in [4.69, 9.17) is 9.47 Å². The Morgan fingerprint density at radius 2 is 2.05 bits per heavy atom. The number of allylic oxidation sites excluding steroid dienone is 1. The lowest BCUT2D eigenvalue weighted by Crippen LogP contribution is -2.46. The normalized spacial score (nSPS) is 18.1. The molecule has 1 aromatic carbocycles. The maximum absolute atomic E-state index is 12.1. The van der Waals surface area contributed by atoms with Crippen molar-refractivity contribution < 1.29 is 24.2 Å². The lowest BCUT2D eigenvalue weighted by molar-refractivity contribution is -0.136. The standard InChI is InChI=1S/C15H18N2O5/c1-8-12(14(19)22-4)13(16-15(20)17(8)2)9-5-6-10(18)11(7-9)21-3/h5-7,13,18H,1-4H3,(H,16,20)/t13-/m1/s1. The van der Waals surface area contributed by atoms with Gasteiger partial charge in [-0.1, -0.05) is 6.07 Å². The highest BCUT2D eigenvalue weighted by Gasteiger charge is 2.35. The van der Waals surface area contributed by atoms with Gasteiger partial charge in [0.2, 0.25) is 0 Å². The highest BCUT2D eigenvalue weighted by molar-refractivity contribution is 5.94. The number of ether oxygens (including phenoxy) is 2. The maximum Gasteiger partial charge on any atom is 0.337 e. The molecule has 2 N–H and O–H groups in total. The minimum atomic E-state index is -0.675. The number of nitrogens with zero attached hydrogens (tertiary/aromatic N) is 1. The summed E-state index contributed by atoms with van der Waals surface area (Å²) in [6, 6.07) is 3.63. The fraction of sp³-hybridized carbons (Fsp3) is 0.333. The van der Waals surface area contributed by atoms with E-state index in [1.54, 1.807) is 26.1 Å². The smallest absolute Gasteiger partial charge is 0.337 e. The van der Waals surface area contributed by atoms with E-state index < -0.39 is 12.0 Å². The van der Waals surface area contributed by atoms with E-state index in [9.17, 15) is 14.7 Å². The summed E-state index contributed by atoms with van der Waals surface area (Å²) in [5, 5.41) is 12.4. The third-order valence-corrected chi connectivity index (χ3v) is 3.70. The molecule has 1 aromatic rings. The molecule has 0 unspecified atom stereocenters. The summed E-state index contributed by atoms with van der Waals surface area (Å²) < 4.78 is 9.89. The van der Waals surface area contributed by atoms with Gasteiger partial charge >= 0.3 is 12.0 Å². The van der Waals surface area contributed by atoms with Gasteiger partial charge in [0, 0.05) is 12.7 Å². The summed E-state index contributed by atoms with van der Waals surface area (Å²) in [6.45, 7) is 1.68. The maximum atomic E-state index is 12.1. The average Bonchev–Trinajstić information content (AvgIpc) is 2.52. The molecule has 0 saturated carbocycles. The van der Waals surface area contributed by atoms with Gasteiger partial charge in [0.25, 0.3) is 0 Å². The van der Waals surface area contributed by atoms with Crippen LogP contribution in [0.25, 0.3) is 0 Å². The van der Waals surface area contributed by atoms with Crippen LogP contribution in [0.2, 0.25) is 0 Å². The summed E-state index contributed by atoms with van der Waals surface area (Å²) in [5.41, 5.74) is 1.45. The molecule has 2 amide bonds. The molecule has 0 spiro atoms. The second-order valence-electron chi connectivity index (χ2n) is 4.86. The summed E-state index contributed by atoms with van der Waals surface area (Å²) in [5.74, 6) is -0.292. The van der Waals surface area contributed by atoms with Crippen LogP contribution < -0.4 is 10.1 Å². The molecule has 0 aliphatic carbocycles. The fourth-order valence-corrected chi connectivity index (χ4v) is 2.33. The van der Waals surface area contributed by atoms with Crippen molar-refractivity contribution in [3.63, 3.8) is 0 Å². The van der Waals surface area contributed by atoms with Gasteiger partial charge in [-0.15, -0.1) is 0 Å². The fourth-order valence-electron chi connectivity index (χ4n) is 2.33. The van der Waals surface area contributed by atoms with E-state index in [0.29, 0.717) is 16.8 Å². The van der Waals surface area contributed by atoms with E-state index in [1.807, 2.05) is 0 Å². The number of amides is 2. The van der Waals surface area contributed by atoms with Gasteiger partial charge in [-0.2, -0.15) is 0 Å². The lowest BCUT2D eigenvalue weighted by atomic mass is 9.95. The Hall–Kier alpha value is -2.70. The van der Waals surface area contributed by atoms with E-state index in [1.165, 1.54) is 25.2 Å². The average molecular weight is 306 g/mol. The van der Waals surface area contributed by atoms with Crippen molar-refractivity contribution in [2.24, 2.45) is 0 Å². The first-order valence-corrected chi connectivity index (χ1v) is 6.61. The Balaban J connectivity index is 2.56. The van der Waals surface area contributed by atoms with Gasteiger partial charge in [-0.05, 0) is 24.6 Å². The number of aromatic hydroxyl groups is 1. The molecule has 1 heterocycles. The Bertz CT molecular complexity index is 653. The first-order valence-electron chi connectivity index (χ1n) is 6.61. The summed E-state index contributed by atoms with van der Waals surface area (Å²) in [4.78, 5) is 25.5. The highest BCUT2D eigenvalue weighted by atomic mass is 16.5. The molecule has 118 valence electrons. The van der Waals surface area contributed by atoms with E-state index in [-0.39, 0.29) is 17.5 Å². The Morgan fingerprint density at radius 3 is 2.64 bits per heavy atom. The van der Waals surface area contributed by atoms with Crippen LogP contribution in [0, 0.1) is 0 Å². The van der Waals surface area contributed by atoms with Crippen molar-refractivity contribution in [3.8, 4) is 11.5 Å². The Labute approximate surface area is 128 Å². The number of rotatable bonds is 3. The van der Waals surface area contributed by atoms with Crippen molar-refractivity contribution in [1.82, 2.24) is 10.2 Å². The largest absolute Gasteiger partial charge is 0.504 e. The summed E-state index contributed by atoms with van der Waals surface area (Å²) in [6.07, 6.45) is 0. The van der Waals surface area contributed by atoms with Crippen LogP contribution in [0.15, 0.2) is 29.5 Å². The number of carbonyl (C=O) groups is 2. The molecule has 7 nitrogen and oxygen atoms in total. The topological polar surface area (TPSA) is 88.1 Å². The lowest BCUT2D eigenvalue weighted by Gasteiger charge is -2.33. The second-order valence-corrected chi connectivity index (χ2v) is 4.86. The van der Waals surface area contributed by atoms with Crippen molar-refractivity contribution in [1.29, 1.82) is 0 Å². The predicted octanol–water partition coefficient (Wildman–Crippen LogP) is 1.54. The van der Waals surface area contributed by atoms with E-state index in [2.05, 4.69) is 5.32 Å². The van der Waals surface area contributed by atoms with Crippen LogP contribution in [-0.4, -0.2) is 43.3 Å². The van der Waals surface area contributed by atoms with Crippen LogP contribution in [0.1, 0.15) is 18.5 Å². The molecule has 1 aliphatic rings. The van der Waals surface area contributed by atoms with Gasteiger partial charge in [0.15, 0.2) is 11.5 Å². The van der Waals surface area contributed by atoms with E-state index in [0.717, 1.165) is 0 Å². The van der Waals surface area contributed by atoms with Crippen LogP contribution in [0.3, 0.4) is 0 Å². The number of phenols is 1. The van der Waals surface area contributed by atoms with Gasteiger partial charge < -0.3 is 24.8 Å². The molecule has 7 heteroatoms. The number of methoxy groups -OCH3 is 2. The number of esters is 1. The molecule has 22 heavy (non-hydrogen) atoms. The molecular formula is C15H18N2O5. The van der Waals surface area contributed by atoms with Crippen LogP contribution in [-0.2, 0) is 9.53 Å².